The van der Waals surface area contributed by atoms with E-state index in [9.17, 15) is 35.1 Å². The molecule has 0 aliphatic carbocycles. The van der Waals surface area contributed by atoms with E-state index in [1.165, 1.54) is 14.0 Å². The molecule has 2 rings (SSSR count). The van der Waals surface area contributed by atoms with Crippen molar-refractivity contribution >= 4 is 11.8 Å². The highest BCUT2D eigenvalue weighted by Crippen LogP contribution is 2.29. The van der Waals surface area contributed by atoms with E-state index in [1.807, 2.05) is 0 Å². The number of rotatable bonds is 11. The van der Waals surface area contributed by atoms with Crippen LogP contribution in [0.3, 0.4) is 0 Å². The van der Waals surface area contributed by atoms with Gasteiger partial charge >= 0.3 is 0 Å². The number of aliphatic hydroxyl groups is 7. The predicted molar refractivity (Wildman–Crippen MR) is 118 cm³/mol. The van der Waals surface area contributed by atoms with Crippen LogP contribution in [0.5, 0.6) is 0 Å². The molecule has 2 saturated heterocycles. The Morgan fingerprint density at radius 2 is 1.25 bits per heavy atom. The van der Waals surface area contributed by atoms with Gasteiger partial charge in [-0.05, 0) is 13.8 Å². The first-order valence-corrected chi connectivity index (χ1v) is 11.7. The number of nitrogens with one attached hydrogen (secondary N) is 2. The number of hydrogen-bond donors (Lipinski definition) is 9. The van der Waals surface area contributed by atoms with Crippen LogP contribution in [0, 0.1) is 0 Å². The van der Waals surface area contributed by atoms with Gasteiger partial charge in [-0.3, -0.25) is 9.59 Å². The van der Waals surface area contributed by atoms with Gasteiger partial charge in [-0.2, -0.15) is 0 Å². The Morgan fingerprint density at radius 3 is 1.69 bits per heavy atom. The molecule has 12 atom stereocenters. The second-order valence-electron chi connectivity index (χ2n) is 8.85. The topological polar surface area (TPSA) is 237 Å². The van der Waals surface area contributed by atoms with Gasteiger partial charge in [0.05, 0.1) is 24.3 Å². The Kier molecular flexibility index (Phi) is 11.8. The normalized spacial score (nSPS) is 38.7. The van der Waals surface area contributed by atoms with Gasteiger partial charge in [0.15, 0.2) is 12.6 Å². The van der Waals surface area contributed by atoms with Crippen molar-refractivity contribution < 1.29 is 64.3 Å². The second-order valence-corrected chi connectivity index (χ2v) is 8.85. The lowest BCUT2D eigenvalue weighted by molar-refractivity contribution is -0.343. The molecule has 2 aliphatic heterocycles. The minimum absolute atomic E-state index is 0.211. The molecule has 2 heterocycles. The molecule has 0 aromatic heterocycles. The highest BCUT2D eigenvalue weighted by molar-refractivity contribution is 5.81. The molecule has 0 bridgehead atoms. The van der Waals surface area contributed by atoms with E-state index in [0.29, 0.717) is 0 Å². The second kappa shape index (κ2) is 13.9. The lowest BCUT2D eigenvalue weighted by Crippen LogP contribution is -2.68. The maximum absolute atomic E-state index is 12.2. The summed E-state index contributed by atoms with van der Waals surface area (Å²) in [6.07, 6.45) is -14.0. The van der Waals surface area contributed by atoms with Gasteiger partial charge in [-0.25, -0.2) is 0 Å². The fraction of sp³-hybridized carbons (Fsp3) is 0.905. The first-order chi connectivity index (χ1) is 17.0. The lowest BCUT2D eigenvalue weighted by atomic mass is 9.94. The van der Waals surface area contributed by atoms with Crippen LogP contribution in [0.25, 0.3) is 0 Å². The van der Waals surface area contributed by atoms with E-state index in [4.69, 9.17) is 29.2 Å². The maximum Gasteiger partial charge on any atom is 0.249 e. The van der Waals surface area contributed by atoms with Gasteiger partial charge in [0, 0.05) is 33.2 Å². The quantitative estimate of drug-likeness (QED) is 0.123. The minimum Gasteiger partial charge on any atom is -0.396 e. The summed E-state index contributed by atoms with van der Waals surface area (Å²) in [6.45, 7) is 2.17. The summed E-state index contributed by atoms with van der Waals surface area (Å²) in [5.41, 5.74) is 0. The Labute approximate surface area is 207 Å². The molecule has 0 radical (unpaired) electrons. The molecule has 0 spiro atoms. The first kappa shape index (κ1) is 30.7. The molecule has 0 saturated carbocycles. The van der Waals surface area contributed by atoms with Crippen LogP contribution in [-0.2, 0) is 28.5 Å². The molecular weight excluding hydrogens is 488 g/mol. The zero-order valence-corrected chi connectivity index (χ0v) is 20.3. The van der Waals surface area contributed by atoms with Gasteiger partial charge < -0.3 is 65.3 Å². The number of aliphatic hydroxyl groups excluding tert-OH is 7. The van der Waals surface area contributed by atoms with Crippen molar-refractivity contribution in [3.05, 3.63) is 0 Å². The van der Waals surface area contributed by atoms with E-state index < -0.39 is 98.5 Å². The molecule has 36 heavy (non-hydrogen) atoms. The number of ether oxygens (including phenoxy) is 4. The molecule has 15 heteroatoms. The maximum atomic E-state index is 12.2. The molecular formula is C21H38N2O13. The standard InChI is InChI=1S/C21H38N2O13/c1-8-12(22-18(31)10(26)4-6-24)14(28)16(30)20(34-8)36-17-15(29)13(9(2)35-21(17)33-3)23-19(32)11(27)5-7-25/h8-17,20-21,24-30H,4-7H2,1-3H3,(H,22,31)(H,23,32)/t8-,9-,10?,11?,12-,13-,14+,15+,16+,17+,20-,21+/m1/s1. The summed E-state index contributed by atoms with van der Waals surface area (Å²) in [5.74, 6) is -1.72. The lowest BCUT2D eigenvalue weighted by Gasteiger charge is -2.47. The molecule has 2 amide bonds. The molecule has 2 fully saturated rings. The van der Waals surface area contributed by atoms with Gasteiger partial charge in [-0.15, -0.1) is 0 Å². The molecule has 2 aliphatic rings. The van der Waals surface area contributed by atoms with Crippen molar-refractivity contribution in [1.82, 2.24) is 10.6 Å². The van der Waals surface area contributed by atoms with Crippen LogP contribution in [0.1, 0.15) is 26.7 Å². The third-order valence-electron chi connectivity index (χ3n) is 6.23. The van der Waals surface area contributed by atoms with Crippen molar-refractivity contribution in [2.75, 3.05) is 20.3 Å². The van der Waals surface area contributed by atoms with E-state index in [1.54, 1.807) is 6.92 Å². The molecule has 9 N–H and O–H groups in total. The summed E-state index contributed by atoms with van der Waals surface area (Å²) >= 11 is 0. The van der Waals surface area contributed by atoms with Crippen LogP contribution in [0.2, 0.25) is 0 Å². The largest absolute Gasteiger partial charge is 0.396 e. The fourth-order valence-corrected chi connectivity index (χ4v) is 4.08. The van der Waals surface area contributed by atoms with Crippen LogP contribution in [-0.4, -0.2) is 141 Å². The molecule has 15 nitrogen and oxygen atoms in total. The Morgan fingerprint density at radius 1 is 0.806 bits per heavy atom. The molecule has 0 aromatic carbocycles. The van der Waals surface area contributed by atoms with E-state index in [0.717, 1.165) is 0 Å². The van der Waals surface area contributed by atoms with Gasteiger partial charge in [0.2, 0.25) is 11.8 Å². The molecule has 2 unspecified atom stereocenters. The average Bonchev–Trinajstić information content (AvgIpc) is 2.83. The van der Waals surface area contributed by atoms with Crippen LogP contribution in [0.15, 0.2) is 0 Å². The average molecular weight is 527 g/mol. The van der Waals surface area contributed by atoms with Crippen molar-refractivity contribution in [2.45, 2.75) is 100 Å². The van der Waals surface area contributed by atoms with Crippen molar-refractivity contribution in [3.8, 4) is 0 Å². The highest BCUT2D eigenvalue weighted by Gasteiger charge is 2.50. The predicted octanol–water partition coefficient (Wildman–Crippen LogP) is -4.95. The SMILES string of the molecule is CO[C@H]1O[C@H](C)[C@@H](NC(=O)C(O)CCO)[C@H](O)[C@@H]1O[C@H]1O[C@H](C)[C@@H](NC(=O)C(O)CCO)[C@H](O)[C@@H]1O. The monoisotopic (exact) mass is 526 g/mol. The first-order valence-electron chi connectivity index (χ1n) is 11.7. The Bertz CT molecular complexity index is 715. The fourth-order valence-electron chi connectivity index (χ4n) is 4.08. The van der Waals surface area contributed by atoms with E-state index in [-0.39, 0.29) is 12.8 Å². The van der Waals surface area contributed by atoms with Gasteiger partial charge in [0.1, 0.15) is 36.6 Å². The smallest absolute Gasteiger partial charge is 0.249 e. The number of carbonyl (C=O) groups excluding carboxylic acids is 2. The third kappa shape index (κ3) is 7.29. The summed E-state index contributed by atoms with van der Waals surface area (Å²) in [7, 11) is 1.28. The molecule has 210 valence electrons. The summed E-state index contributed by atoms with van der Waals surface area (Å²) in [4.78, 5) is 24.3. The number of methoxy groups -OCH3 is 1. The number of hydrogen-bond acceptors (Lipinski definition) is 13. The van der Waals surface area contributed by atoms with Gasteiger partial charge in [-0.1, -0.05) is 0 Å². The minimum atomic E-state index is -1.72. The summed E-state index contributed by atoms with van der Waals surface area (Å²) in [6, 6.07) is -2.21. The third-order valence-corrected chi connectivity index (χ3v) is 6.23. The number of amides is 2. The van der Waals surface area contributed by atoms with Crippen molar-refractivity contribution in [1.29, 1.82) is 0 Å². The van der Waals surface area contributed by atoms with Gasteiger partial charge in [0.25, 0.3) is 0 Å². The van der Waals surface area contributed by atoms with Crippen LogP contribution >= 0.6 is 0 Å². The van der Waals surface area contributed by atoms with E-state index in [2.05, 4.69) is 10.6 Å². The summed E-state index contributed by atoms with van der Waals surface area (Å²) in [5, 5.41) is 74.3. The Hall–Kier alpha value is -1.50. The zero-order valence-electron chi connectivity index (χ0n) is 20.3. The number of carbonyl (C=O) groups is 2. The Balaban J connectivity index is 2.11. The van der Waals surface area contributed by atoms with Crippen LogP contribution < -0.4 is 10.6 Å². The van der Waals surface area contributed by atoms with Crippen molar-refractivity contribution in [3.63, 3.8) is 0 Å². The van der Waals surface area contributed by atoms with Crippen LogP contribution in [0.4, 0.5) is 0 Å². The van der Waals surface area contributed by atoms with Crippen molar-refractivity contribution in [2.24, 2.45) is 0 Å². The highest BCUT2D eigenvalue weighted by atomic mass is 16.7. The van der Waals surface area contributed by atoms with E-state index >= 15 is 0 Å². The summed E-state index contributed by atoms with van der Waals surface area (Å²) < 4.78 is 22.2. The zero-order chi connectivity index (χ0) is 27.2. The molecule has 0 aromatic rings.